The number of nitrogens with one attached hydrogen (secondary N) is 1. The summed E-state index contributed by atoms with van der Waals surface area (Å²) in [7, 11) is -3.54. The number of rotatable bonds is 7. The van der Waals surface area contributed by atoms with E-state index in [0.29, 0.717) is 37.5 Å². The van der Waals surface area contributed by atoms with Crippen molar-refractivity contribution in [1.29, 1.82) is 0 Å². The summed E-state index contributed by atoms with van der Waals surface area (Å²) in [6.07, 6.45) is 4.33. The van der Waals surface area contributed by atoms with E-state index in [1.54, 1.807) is 18.2 Å². The first-order valence-electron chi connectivity index (χ1n) is 8.48. The maximum Gasteiger partial charge on any atom is 0.243 e. The average molecular weight is 373 g/mol. The van der Waals surface area contributed by atoms with Crippen molar-refractivity contribution in [3.63, 3.8) is 0 Å². The number of nitrogens with zero attached hydrogens (tertiary/aromatic N) is 1. The third kappa shape index (κ3) is 4.94. The molecule has 0 atom stereocenters. The van der Waals surface area contributed by atoms with E-state index in [0.717, 1.165) is 19.3 Å². The van der Waals surface area contributed by atoms with Gasteiger partial charge < -0.3 is 5.32 Å². The molecule has 0 aromatic heterocycles. The molecule has 0 aliphatic carbocycles. The number of amides is 1. The molecule has 1 amide bonds. The molecule has 24 heavy (non-hydrogen) atoms. The van der Waals surface area contributed by atoms with E-state index in [1.807, 2.05) is 0 Å². The van der Waals surface area contributed by atoms with Crippen LogP contribution in [-0.4, -0.2) is 38.3 Å². The summed E-state index contributed by atoms with van der Waals surface area (Å²) in [4.78, 5) is 12.3. The number of sulfonamides is 1. The van der Waals surface area contributed by atoms with Gasteiger partial charge in [0.1, 0.15) is 0 Å². The van der Waals surface area contributed by atoms with E-state index in [4.69, 9.17) is 11.6 Å². The van der Waals surface area contributed by atoms with Gasteiger partial charge in [0.2, 0.25) is 15.9 Å². The minimum atomic E-state index is -3.54. The largest absolute Gasteiger partial charge is 0.356 e. The van der Waals surface area contributed by atoms with Crippen LogP contribution in [0.4, 0.5) is 0 Å². The molecule has 0 radical (unpaired) electrons. The number of benzene rings is 1. The topological polar surface area (TPSA) is 66.5 Å². The normalized spacial score (nSPS) is 16.9. The summed E-state index contributed by atoms with van der Waals surface area (Å²) >= 11 is 5.89. The minimum absolute atomic E-state index is 0.0471. The molecule has 0 saturated carbocycles. The Morgan fingerprint density at radius 1 is 1.29 bits per heavy atom. The van der Waals surface area contributed by atoms with Gasteiger partial charge in [-0.25, -0.2) is 8.42 Å². The Kier molecular flexibility index (Phi) is 7.07. The highest BCUT2D eigenvalue weighted by molar-refractivity contribution is 7.89. The number of piperidine rings is 1. The van der Waals surface area contributed by atoms with E-state index < -0.39 is 10.0 Å². The maximum absolute atomic E-state index is 12.6. The van der Waals surface area contributed by atoms with E-state index in [2.05, 4.69) is 12.2 Å². The standard InChI is InChI=1S/C17H25ClN2O3S/c1-2-3-4-10-19-17(21)14-8-11-20(12-9-14)24(22,23)16-7-5-6-15(18)13-16/h5-7,13-14H,2-4,8-12H2,1H3,(H,19,21). The Balaban J connectivity index is 1.89. The van der Waals surface area contributed by atoms with Crippen LogP contribution in [0.1, 0.15) is 39.0 Å². The smallest absolute Gasteiger partial charge is 0.243 e. The van der Waals surface area contributed by atoms with Crippen LogP contribution in [-0.2, 0) is 14.8 Å². The van der Waals surface area contributed by atoms with Crippen molar-refractivity contribution in [3.05, 3.63) is 29.3 Å². The van der Waals surface area contributed by atoms with Gasteiger partial charge in [0.05, 0.1) is 4.90 Å². The molecule has 134 valence electrons. The molecular weight excluding hydrogens is 348 g/mol. The van der Waals surface area contributed by atoms with Crippen molar-refractivity contribution >= 4 is 27.5 Å². The summed E-state index contributed by atoms with van der Waals surface area (Å²) in [6.45, 7) is 3.55. The van der Waals surface area contributed by atoms with Crippen molar-refractivity contribution in [2.75, 3.05) is 19.6 Å². The van der Waals surface area contributed by atoms with Crippen molar-refractivity contribution in [2.45, 2.75) is 43.9 Å². The highest BCUT2D eigenvalue weighted by Gasteiger charge is 2.31. The number of carbonyl (C=O) groups is 1. The summed E-state index contributed by atoms with van der Waals surface area (Å²) in [5.41, 5.74) is 0. The van der Waals surface area contributed by atoms with Crippen LogP contribution in [0.25, 0.3) is 0 Å². The third-order valence-electron chi connectivity index (χ3n) is 4.34. The number of carbonyl (C=O) groups excluding carboxylic acids is 1. The molecule has 7 heteroatoms. The zero-order valence-corrected chi connectivity index (χ0v) is 15.6. The SMILES string of the molecule is CCCCCNC(=O)C1CCN(S(=O)(=O)c2cccc(Cl)c2)CC1. The predicted octanol–water partition coefficient (Wildman–Crippen LogP) is 3.05. The zero-order valence-electron chi connectivity index (χ0n) is 14.0. The number of halogens is 1. The van der Waals surface area contributed by atoms with E-state index in [-0.39, 0.29) is 16.7 Å². The molecule has 1 aromatic carbocycles. The fourth-order valence-electron chi connectivity index (χ4n) is 2.87. The molecule has 0 unspecified atom stereocenters. The Morgan fingerprint density at radius 3 is 2.62 bits per heavy atom. The first-order valence-corrected chi connectivity index (χ1v) is 10.3. The van der Waals surface area contributed by atoms with Crippen LogP contribution < -0.4 is 5.32 Å². The molecule has 1 saturated heterocycles. The Morgan fingerprint density at radius 2 is 2.00 bits per heavy atom. The highest BCUT2D eigenvalue weighted by Crippen LogP contribution is 2.25. The van der Waals surface area contributed by atoms with Gasteiger partial charge in [0.25, 0.3) is 0 Å². The molecule has 2 rings (SSSR count). The first kappa shape index (κ1) is 19.2. The number of hydrogen-bond donors (Lipinski definition) is 1. The summed E-state index contributed by atoms with van der Waals surface area (Å²) in [5.74, 6) is -0.0525. The highest BCUT2D eigenvalue weighted by atomic mass is 35.5. The lowest BCUT2D eigenvalue weighted by molar-refractivity contribution is -0.126. The van der Waals surface area contributed by atoms with Gasteiger partial charge in [-0.1, -0.05) is 37.4 Å². The van der Waals surface area contributed by atoms with Gasteiger partial charge in [-0.05, 0) is 37.5 Å². The molecule has 1 fully saturated rings. The number of hydrogen-bond acceptors (Lipinski definition) is 3. The van der Waals surface area contributed by atoms with Gasteiger partial charge in [-0.3, -0.25) is 4.79 Å². The zero-order chi connectivity index (χ0) is 17.6. The van der Waals surface area contributed by atoms with Crippen molar-refractivity contribution in [3.8, 4) is 0 Å². The molecule has 1 aromatic rings. The third-order valence-corrected chi connectivity index (χ3v) is 6.47. The van der Waals surface area contributed by atoms with Crippen molar-refractivity contribution in [1.82, 2.24) is 9.62 Å². The Labute approximate surface area is 149 Å². The predicted molar refractivity (Wildman–Crippen MR) is 95.5 cm³/mol. The van der Waals surface area contributed by atoms with Gasteiger partial charge in [-0.2, -0.15) is 4.31 Å². The fraction of sp³-hybridized carbons (Fsp3) is 0.588. The van der Waals surface area contributed by atoms with Crippen LogP contribution in [0.5, 0.6) is 0 Å². The fourth-order valence-corrected chi connectivity index (χ4v) is 4.64. The Bertz CT molecular complexity index is 656. The second-order valence-corrected chi connectivity index (χ2v) is 8.51. The van der Waals surface area contributed by atoms with Crippen LogP contribution in [0.15, 0.2) is 29.2 Å². The molecule has 1 aliphatic heterocycles. The second kappa shape index (κ2) is 8.83. The van der Waals surface area contributed by atoms with Crippen LogP contribution in [0, 0.1) is 5.92 Å². The van der Waals surface area contributed by atoms with Gasteiger partial charge >= 0.3 is 0 Å². The lowest BCUT2D eigenvalue weighted by atomic mass is 9.97. The Hall–Kier alpha value is -1.11. The molecule has 1 heterocycles. The summed E-state index contributed by atoms with van der Waals surface area (Å²) < 4.78 is 26.7. The first-order chi connectivity index (χ1) is 11.4. The molecule has 1 N–H and O–H groups in total. The molecule has 1 aliphatic rings. The molecule has 0 bridgehead atoms. The second-order valence-electron chi connectivity index (χ2n) is 6.13. The van der Waals surface area contributed by atoms with Gasteiger partial charge in [0.15, 0.2) is 0 Å². The lowest BCUT2D eigenvalue weighted by Gasteiger charge is -2.30. The molecule has 0 spiro atoms. The van der Waals surface area contributed by atoms with Gasteiger partial charge in [-0.15, -0.1) is 0 Å². The quantitative estimate of drug-likeness (QED) is 0.748. The summed E-state index contributed by atoms with van der Waals surface area (Å²) in [6, 6.07) is 6.29. The van der Waals surface area contributed by atoms with E-state index >= 15 is 0 Å². The molecular formula is C17H25ClN2O3S. The maximum atomic E-state index is 12.6. The van der Waals surface area contributed by atoms with Crippen LogP contribution in [0.2, 0.25) is 5.02 Å². The monoisotopic (exact) mass is 372 g/mol. The minimum Gasteiger partial charge on any atom is -0.356 e. The van der Waals surface area contributed by atoms with Crippen LogP contribution in [0.3, 0.4) is 0 Å². The summed E-state index contributed by atoms with van der Waals surface area (Å²) in [5, 5.41) is 3.36. The van der Waals surface area contributed by atoms with Crippen molar-refractivity contribution in [2.24, 2.45) is 5.92 Å². The average Bonchev–Trinajstić information content (AvgIpc) is 2.58. The number of unbranched alkanes of at least 4 members (excludes halogenated alkanes) is 2. The lowest BCUT2D eigenvalue weighted by Crippen LogP contribution is -2.43. The molecule has 5 nitrogen and oxygen atoms in total. The van der Waals surface area contributed by atoms with Gasteiger partial charge in [0, 0.05) is 30.6 Å². The van der Waals surface area contributed by atoms with Crippen molar-refractivity contribution < 1.29 is 13.2 Å². The van der Waals surface area contributed by atoms with E-state index in [9.17, 15) is 13.2 Å². The van der Waals surface area contributed by atoms with E-state index in [1.165, 1.54) is 10.4 Å². The van der Waals surface area contributed by atoms with Crippen LogP contribution >= 0.6 is 11.6 Å².